The number of rotatable bonds is 6. The monoisotopic (exact) mass is 293 g/mol. The Hall–Kier alpha value is -1.66. The quantitative estimate of drug-likeness (QED) is 0.856. The van der Waals surface area contributed by atoms with E-state index in [-0.39, 0.29) is 5.03 Å². The van der Waals surface area contributed by atoms with Crippen molar-refractivity contribution in [2.45, 2.75) is 37.3 Å². The molecule has 1 heterocycles. The lowest BCUT2D eigenvalue weighted by molar-refractivity contribution is 0.421. The summed E-state index contributed by atoms with van der Waals surface area (Å²) in [5.41, 5.74) is 0.668. The van der Waals surface area contributed by atoms with Crippen LogP contribution in [0, 0.1) is 0 Å². The van der Waals surface area contributed by atoms with Crippen molar-refractivity contribution in [2.24, 2.45) is 0 Å². The summed E-state index contributed by atoms with van der Waals surface area (Å²) in [5, 5.41) is 0.0882. The maximum Gasteiger partial charge on any atom is 0.258 e. The summed E-state index contributed by atoms with van der Waals surface area (Å²) in [6.45, 7) is 3.76. The Morgan fingerprint density at radius 3 is 2.55 bits per heavy atom. The van der Waals surface area contributed by atoms with Gasteiger partial charge in [-0.1, -0.05) is 30.3 Å². The van der Waals surface area contributed by atoms with Gasteiger partial charge < -0.3 is 4.98 Å². The lowest BCUT2D eigenvalue weighted by Gasteiger charge is -2.25. The number of nitrogens with zero attached hydrogens (tertiary/aromatic N) is 1. The smallest absolute Gasteiger partial charge is 0.258 e. The van der Waals surface area contributed by atoms with E-state index in [1.807, 2.05) is 44.2 Å². The van der Waals surface area contributed by atoms with Crippen LogP contribution in [0.3, 0.4) is 0 Å². The van der Waals surface area contributed by atoms with Gasteiger partial charge in [0.25, 0.3) is 10.0 Å². The fourth-order valence-electron chi connectivity index (χ4n) is 1.96. The molecule has 0 saturated heterocycles. The summed E-state index contributed by atoms with van der Waals surface area (Å²) in [7, 11) is -3.55. The number of sulfonamides is 1. The normalized spacial score (nSPS) is 12.5. The minimum absolute atomic E-state index is 0.0882. The molecule has 0 spiro atoms. The van der Waals surface area contributed by atoms with Gasteiger partial charge >= 0.3 is 0 Å². The van der Waals surface area contributed by atoms with Gasteiger partial charge in [-0.2, -0.15) is 0 Å². The minimum Gasteiger partial charge on any atom is -0.335 e. The van der Waals surface area contributed by atoms with E-state index in [1.54, 1.807) is 0 Å². The Balaban J connectivity index is 2.01. The zero-order valence-electron chi connectivity index (χ0n) is 11.6. The number of hydrogen-bond donors (Lipinski definition) is 2. The average molecular weight is 293 g/mol. The second-order valence-electron chi connectivity index (χ2n) is 5.39. The molecule has 6 heteroatoms. The highest BCUT2D eigenvalue weighted by molar-refractivity contribution is 7.89. The first-order valence-electron chi connectivity index (χ1n) is 6.45. The van der Waals surface area contributed by atoms with Gasteiger partial charge in [0.1, 0.15) is 0 Å². The van der Waals surface area contributed by atoms with Gasteiger partial charge in [0, 0.05) is 5.54 Å². The lowest BCUT2D eigenvalue weighted by Crippen LogP contribution is -2.43. The van der Waals surface area contributed by atoms with Crippen LogP contribution in [-0.2, 0) is 16.4 Å². The Morgan fingerprint density at radius 1 is 1.25 bits per heavy atom. The van der Waals surface area contributed by atoms with Crippen LogP contribution in [0.15, 0.2) is 47.9 Å². The summed E-state index contributed by atoms with van der Waals surface area (Å²) in [4.78, 5) is 6.35. The maximum atomic E-state index is 12.1. The third-order valence-corrected chi connectivity index (χ3v) is 4.68. The van der Waals surface area contributed by atoms with E-state index in [0.29, 0.717) is 6.42 Å². The molecular formula is C14H19N3O2S. The van der Waals surface area contributed by atoms with Crippen molar-refractivity contribution >= 4 is 10.0 Å². The molecule has 0 bridgehead atoms. The number of hydrogen-bond acceptors (Lipinski definition) is 3. The van der Waals surface area contributed by atoms with Gasteiger partial charge in [-0.25, -0.2) is 18.1 Å². The zero-order chi connectivity index (χ0) is 14.6. The van der Waals surface area contributed by atoms with Crippen LogP contribution < -0.4 is 4.72 Å². The second kappa shape index (κ2) is 5.76. The van der Waals surface area contributed by atoms with Gasteiger partial charge in [0.15, 0.2) is 5.03 Å². The SMILES string of the molecule is CC(C)(CCc1ccccc1)NS(=O)(=O)c1cnc[nH]1. The minimum atomic E-state index is -3.55. The molecule has 2 N–H and O–H groups in total. The topological polar surface area (TPSA) is 74.8 Å². The van der Waals surface area contributed by atoms with Crippen molar-refractivity contribution in [2.75, 3.05) is 0 Å². The Labute approximate surface area is 119 Å². The summed E-state index contributed by atoms with van der Waals surface area (Å²) in [5.74, 6) is 0. The van der Waals surface area contributed by atoms with E-state index in [1.165, 1.54) is 18.1 Å². The number of nitrogens with one attached hydrogen (secondary N) is 2. The van der Waals surface area contributed by atoms with E-state index in [0.717, 1.165) is 6.42 Å². The van der Waals surface area contributed by atoms with Crippen LogP contribution in [-0.4, -0.2) is 23.9 Å². The lowest BCUT2D eigenvalue weighted by atomic mass is 9.97. The van der Waals surface area contributed by atoms with Crippen molar-refractivity contribution in [1.29, 1.82) is 0 Å². The van der Waals surface area contributed by atoms with Gasteiger partial charge in [0.2, 0.25) is 0 Å². The van der Waals surface area contributed by atoms with Crippen LogP contribution >= 0.6 is 0 Å². The molecule has 0 saturated carbocycles. The highest BCUT2D eigenvalue weighted by atomic mass is 32.2. The largest absolute Gasteiger partial charge is 0.335 e. The van der Waals surface area contributed by atoms with E-state index < -0.39 is 15.6 Å². The molecule has 2 aromatic rings. The molecule has 0 aliphatic carbocycles. The highest BCUT2D eigenvalue weighted by Gasteiger charge is 2.26. The molecule has 0 fully saturated rings. The van der Waals surface area contributed by atoms with Crippen molar-refractivity contribution in [3.8, 4) is 0 Å². The number of aromatic nitrogens is 2. The Bertz CT molecular complexity index is 634. The molecule has 1 aromatic carbocycles. The molecule has 2 rings (SSSR count). The van der Waals surface area contributed by atoms with E-state index >= 15 is 0 Å². The predicted octanol–water partition coefficient (Wildman–Crippen LogP) is 2.10. The average Bonchev–Trinajstić information content (AvgIpc) is 2.91. The maximum absolute atomic E-state index is 12.1. The van der Waals surface area contributed by atoms with E-state index in [2.05, 4.69) is 14.7 Å². The fraction of sp³-hybridized carbons (Fsp3) is 0.357. The van der Waals surface area contributed by atoms with Crippen molar-refractivity contribution < 1.29 is 8.42 Å². The predicted molar refractivity (Wildman–Crippen MR) is 77.8 cm³/mol. The van der Waals surface area contributed by atoms with E-state index in [4.69, 9.17) is 0 Å². The molecule has 20 heavy (non-hydrogen) atoms. The molecule has 0 aliphatic rings. The van der Waals surface area contributed by atoms with Gasteiger partial charge in [-0.05, 0) is 32.3 Å². The molecular weight excluding hydrogens is 274 g/mol. The third kappa shape index (κ3) is 3.91. The van der Waals surface area contributed by atoms with Crippen LogP contribution in [0.5, 0.6) is 0 Å². The molecule has 5 nitrogen and oxygen atoms in total. The third-order valence-electron chi connectivity index (χ3n) is 3.05. The molecule has 0 aliphatic heterocycles. The Morgan fingerprint density at radius 2 is 1.95 bits per heavy atom. The molecule has 0 atom stereocenters. The number of benzene rings is 1. The summed E-state index contributed by atoms with van der Waals surface area (Å²) in [6, 6.07) is 10.0. The van der Waals surface area contributed by atoms with Crippen molar-refractivity contribution in [1.82, 2.24) is 14.7 Å². The van der Waals surface area contributed by atoms with Crippen molar-refractivity contribution in [3.63, 3.8) is 0 Å². The molecule has 0 amide bonds. The summed E-state index contributed by atoms with van der Waals surface area (Å²) < 4.78 is 27.0. The number of aromatic amines is 1. The first kappa shape index (κ1) is 14.7. The number of H-pyrrole nitrogens is 1. The number of imidazole rings is 1. The molecule has 108 valence electrons. The van der Waals surface area contributed by atoms with Gasteiger partial charge in [-0.15, -0.1) is 0 Å². The van der Waals surface area contributed by atoms with Crippen molar-refractivity contribution in [3.05, 3.63) is 48.4 Å². The summed E-state index contributed by atoms with van der Waals surface area (Å²) in [6.07, 6.45) is 4.19. The Kier molecular flexibility index (Phi) is 4.25. The van der Waals surface area contributed by atoms with Gasteiger partial charge in [0.05, 0.1) is 12.5 Å². The molecule has 1 aromatic heterocycles. The molecule has 0 radical (unpaired) electrons. The van der Waals surface area contributed by atoms with E-state index in [9.17, 15) is 8.42 Å². The number of aryl methyl sites for hydroxylation is 1. The van der Waals surface area contributed by atoms with Crippen LogP contribution in [0.1, 0.15) is 25.8 Å². The first-order chi connectivity index (χ1) is 9.39. The second-order valence-corrected chi connectivity index (χ2v) is 7.04. The summed E-state index contributed by atoms with van der Waals surface area (Å²) >= 11 is 0. The van der Waals surface area contributed by atoms with Crippen LogP contribution in [0.25, 0.3) is 0 Å². The zero-order valence-corrected chi connectivity index (χ0v) is 12.4. The fourth-order valence-corrected chi connectivity index (χ4v) is 3.31. The van der Waals surface area contributed by atoms with Crippen LogP contribution in [0.2, 0.25) is 0 Å². The van der Waals surface area contributed by atoms with Crippen LogP contribution in [0.4, 0.5) is 0 Å². The molecule has 0 unspecified atom stereocenters. The highest BCUT2D eigenvalue weighted by Crippen LogP contribution is 2.16. The standard InChI is InChI=1S/C14H19N3O2S/c1-14(2,9-8-12-6-4-3-5-7-12)17-20(18,19)13-10-15-11-16-13/h3-7,10-11,17H,8-9H2,1-2H3,(H,15,16). The van der Waals surface area contributed by atoms with Gasteiger partial charge in [-0.3, -0.25) is 0 Å². The first-order valence-corrected chi connectivity index (χ1v) is 7.94.